The van der Waals surface area contributed by atoms with Crippen molar-refractivity contribution in [2.75, 3.05) is 7.05 Å². The lowest BCUT2D eigenvalue weighted by molar-refractivity contribution is -0.119. The molecule has 0 spiro atoms. The zero-order valence-electron chi connectivity index (χ0n) is 11.9. The Hall–Kier alpha value is -1.61. The van der Waals surface area contributed by atoms with Gasteiger partial charge in [-0.2, -0.15) is 0 Å². The van der Waals surface area contributed by atoms with Crippen LogP contribution in [0.2, 0.25) is 0 Å². The summed E-state index contributed by atoms with van der Waals surface area (Å²) in [7, 11) is 1.85. The summed E-state index contributed by atoms with van der Waals surface area (Å²) in [6.07, 6.45) is 5.02. The largest absolute Gasteiger partial charge is 0.361 e. The second-order valence-corrected chi connectivity index (χ2v) is 5.16. The van der Waals surface area contributed by atoms with Crippen LogP contribution in [0.25, 0.3) is 10.9 Å². The van der Waals surface area contributed by atoms with Crippen LogP contribution >= 0.6 is 0 Å². The third-order valence-corrected chi connectivity index (χ3v) is 3.77. The van der Waals surface area contributed by atoms with Gasteiger partial charge in [-0.05, 0) is 57.4 Å². The van der Waals surface area contributed by atoms with E-state index in [1.807, 2.05) is 7.05 Å². The van der Waals surface area contributed by atoms with E-state index in [0.717, 1.165) is 19.3 Å². The number of hydrogen-bond donors (Lipinski definition) is 2. The van der Waals surface area contributed by atoms with E-state index in [-0.39, 0.29) is 11.8 Å². The first kappa shape index (κ1) is 13.8. The molecule has 2 aromatic rings. The molecule has 0 bridgehead atoms. The van der Waals surface area contributed by atoms with E-state index in [9.17, 15) is 4.79 Å². The number of fused-ring (bicyclic) bond motifs is 1. The Morgan fingerprint density at radius 2 is 2.21 bits per heavy atom. The highest BCUT2D eigenvalue weighted by Gasteiger charge is 2.12. The molecule has 0 saturated carbocycles. The molecule has 19 heavy (non-hydrogen) atoms. The second kappa shape index (κ2) is 6.02. The maximum absolute atomic E-state index is 11.4. The van der Waals surface area contributed by atoms with E-state index in [1.165, 1.54) is 22.0 Å². The third-order valence-electron chi connectivity index (χ3n) is 3.77. The number of likely N-dealkylation sites (N-methyl/N-ethyl adjacent to an activating group) is 1. The number of H-pyrrole nitrogens is 1. The van der Waals surface area contributed by atoms with Crippen molar-refractivity contribution in [1.82, 2.24) is 10.3 Å². The van der Waals surface area contributed by atoms with Crippen LogP contribution in [0, 0.1) is 6.92 Å². The molecule has 0 aliphatic rings. The molecule has 0 aliphatic carbocycles. The molecule has 0 fully saturated rings. The number of rotatable bonds is 6. The third kappa shape index (κ3) is 3.04. The molecule has 0 saturated heterocycles. The van der Waals surface area contributed by atoms with Crippen molar-refractivity contribution in [2.45, 2.75) is 39.2 Å². The molecule has 1 unspecified atom stereocenters. The number of carbonyl (C=O) groups is 1. The number of aromatic amines is 1. The number of carbonyl (C=O) groups excluding carboxylic acids is 1. The average molecular weight is 258 g/mol. The van der Waals surface area contributed by atoms with Gasteiger partial charge in [0.1, 0.15) is 5.78 Å². The Balaban J connectivity index is 2.04. The molecule has 0 amide bonds. The van der Waals surface area contributed by atoms with Crippen molar-refractivity contribution >= 4 is 16.7 Å². The highest BCUT2D eigenvalue weighted by atomic mass is 16.1. The Kier molecular flexibility index (Phi) is 4.38. The molecule has 1 atom stereocenters. The maximum Gasteiger partial charge on any atom is 0.146 e. The van der Waals surface area contributed by atoms with Crippen molar-refractivity contribution in [3.05, 3.63) is 35.5 Å². The Bertz CT molecular complexity index is 571. The topological polar surface area (TPSA) is 44.9 Å². The van der Waals surface area contributed by atoms with Gasteiger partial charge in [-0.1, -0.05) is 12.1 Å². The van der Waals surface area contributed by atoms with Gasteiger partial charge in [0.25, 0.3) is 0 Å². The second-order valence-electron chi connectivity index (χ2n) is 5.16. The highest BCUT2D eigenvalue weighted by Crippen LogP contribution is 2.23. The first-order valence-electron chi connectivity index (χ1n) is 6.86. The molecule has 2 rings (SSSR count). The van der Waals surface area contributed by atoms with Gasteiger partial charge in [-0.25, -0.2) is 0 Å². The van der Waals surface area contributed by atoms with Crippen LogP contribution in [0.4, 0.5) is 0 Å². The van der Waals surface area contributed by atoms with E-state index in [4.69, 9.17) is 0 Å². The number of ketones is 1. The molecule has 102 valence electrons. The van der Waals surface area contributed by atoms with Crippen LogP contribution in [0.15, 0.2) is 24.4 Å². The minimum Gasteiger partial charge on any atom is -0.361 e. The van der Waals surface area contributed by atoms with E-state index in [1.54, 1.807) is 6.92 Å². The van der Waals surface area contributed by atoms with Gasteiger partial charge >= 0.3 is 0 Å². The number of Topliss-reactive ketones (excluding diaryl/α,β-unsaturated/α-hetero) is 1. The fraction of sp³-hybridized carbons (Fsp3) is 0.438. The predicted octanol–water partition coefficient (Wildman–Crippen LogP) is 2.98. The van der Waals surface area contributed by atoms with Gasteiger partial charge in [0.2, 0.25) is 0 Å². The Labute approximate surface area is 114 Å². The zero-order valence-corrected chi connectivity index (χ0v) is 11.9. The lowest BCUT2D eigenvalue weighted by Crippen LogP contribution is -2.32. The van der Waals surface area contributed by atoms with Crippen LogP contribution in [0.5, 0.6) is 0 Å². The zero-order chi connectivity index (χ0) is 13.8. The number of aromatic nitrogens is 1. The smallest absolute Gasteiger partial charge is 0.146 e. The van der Waals surface area contributed by atoms with Gasteiger partial charge in [0, 0.05) is 17.1 Å². The molecule has 3 heteroatoms. The summed E-state index contributed by atoms with van der Waals surface area (Å²) in [5, 5.41) is 4.41. The van der Waals surface area contributed by atoms with E-state index >= 15 is 0 Å². The van der Waals surface area contributed by atoms with Crippen LogP contribution in [-0.2, 0) is 11.2 Å². The highest BCUT2D eigenvalue weighted by molar-refractivity contribution is 5.86. The Morgan fingerprint density at radius 1 is 1.42 bits per heavy atom. The molecular weight excluding hydrogens is 236 g/mol. The summed E-state index contributed by atoms with van der Waals surface area (Å²) in [5.41, 5.74) is 3.86. The van der Waals surface area contributed by atoms with Crippen LogP contribution in [0.1, 0.15) is 30.9 Å². The summed E-state index contributed by atoms with van der Waals surface area (Å²) in [6, 6.07) is 6.32. The lowest BCUT2D eigenvalue weighted by Gasteiger charge is -2.12. The van der Waals surface area contributed by atoms with Crippen LogP contribution < -0.4 is 5.32 Å². The maximum atomic E-state index is 11.4. The fourth-order valence-electron chi connectivity index (χ4n) is 2.70. The first-order valence-corrected chi connectivity index (χ1v) is 6.86. The molecule has 0 aliphatic heterocycles. The Morgan fingerprint density at radius 3 is 2.89 bits per heavy atom. The summed E-state index contributed by atoms with van der Waals surface area (Å²) in [6.45, 7) is 3.79. The molecule has 2 N–H and O–H groups in total. The molecule has 1 heterocycles. The summed E-state index contributed by atoms with van der Waals surface area (Å²) < 4.78 is 0. The minimum absolute atomic E-state index is 0.00805. The molecule has 0 radical (unpaired) electrons. The SMILES string of the molecule is CNC(CCCc1c[nH]c2cccc(C)c12)C(C)=O. The minimum atomic E-state index is -0.00805. The van der Waals surface area contributed by atoms with Gasteiger partial charge in [0.05, 0.1) is 6.04 Å². The van der Waals surface area contributed by atoms with E-state index in [2.05, 4.69) is 41.6 Å². The summed E-state index contributed by atoms with van der Waals surface area (Å²) in [5.74, 6) is 0.220. The fourth-order valence-corrected chi connectivity index (χ4v) is 2.70. The summed E-state index contributed by atoms with van der Waals surface area (Å²) in [4.78, 5) is 14.7. The first-order chi connectivity index (χ1) is 9.13. The predicted molar refractivity (Wildman–Crippen MR) is 79.5 cm³/mol. The van der Waals surface area contributed by atoms with Crippen molar-refractivity contribution < 1.29 is 4.79 Å². The van der Waals surface area contributed by atoms with E-state index in [0.29, 0.717) is 0 Å². The van der Waals surface area contributed by atoms with Gasteiger partial charge in [-0.15, -0.1) is 0 Å². The van der Waals surface area contributed by atoms with Crippen molar-refractivity contribution in [2.24, 2.45) is 0 Å². The quantitative estimate of drug-likeness (QED) is 0.836. The number of hydrogen-bond acceptors (Lipinski definition) is 2. The van der Waals surface area contributed by atoms with Crippen molar-refractivity contribution in [3.63, 3.8) is 0 Å². The number of aryl methyl sites for hydroxylation is 2. The monoisotopic (exact) mass is 258 g/mol. The van der Waals surface area contributed by atoms with Gasteiger partial charge in [0.15, 0.2) is 0 Å². The number of nitrogens with one attached hydrogen (secondary N) is 2. The van der Waals surface area contributed by atoms with Gasteiger partial charge < -0.3 is 10.3 Å². The lowest BCUT2D eigenvalue weighted by atomic mass is 10.0. The number of benzene rings is 1. The van der Waals surface area contributed by atoms with E-state index < -0.39 is 0 Å². The van der Waals surface area contributed by atoms with Crippen molar-refractivity contribution in [1.29, 1.82) is 0 Å². The standard InChI is InChI=1S/C16H22N2O/c1-11-6-4-9-15-16(11)13(10-18-15)7-5-8-14(17-3)12(2)19/h4,6,9-10,14,17-18H,5,7-8H2,1-3H3. The molecule has 3 nitrogen and oxygen atoms in total. The molecule has 1 aromatic carbocycles. The van der Waals surface area contributed by atoms with Gasteiger partial charge in [-0.3, -0.25) is 4.79 Å². The molecular formula is C16H22N2O. The summed E-state index contributed by atoms with van der Waals surface area (Å²) >= 11 is 0. The average Bonchev–Trinajstić information content (AvgIpc) is 2.79. The van der Waals surface area contributed by atoms with Crippen LogP contribution in [0.3, 0.4) is 0 Å². The van der Waals surface area contributed by atoms with Crippen LogP contribution in [-0.4, -0.2) is 23.9 Å². The molecule has 1 aromatic heterocycles. The normalized spacial score (nSPS) is 12.8. The van der Waals surface area contributed by atoms with Crippen molar-refractivity contribution in [3.8, 4) is 0 Å².